The van der Waals surface area contributed by atoms with Gasteiger partial charge in [0.2, 0.25) is 0 Å². The molecule has 0 bridgehead atoms. The van der Waals surface area contributed by atoms with Gasteiger partial charge in [-0.25, -0.2) is 4.79 Å². The average Bonchev–Trinajstić information content (AvgIpc) is 3.11. The summed E-state index contributed by atoms with van der Waals surface area (Å²) in [4.78, 5) is 12.2. The van der Waals surface area contributed by atoms with Crippen LogP contribution in [0.25, 0.3) is 0 Å². The number of carbonyl (C=O) groups is 1. The first kappa shape index (κ1) is 12.2. The van der Waals surface area contributed by atoms with Crippen molar-refractivity contribution in [2.24, 2.45) is 5.92 Å². The van der Waals surface area contributed by atoms with Gasteiger partial charge < -0.3 is 10.4 Å². The Labute approximate surface area is 115 Å². The van der Waals surface area contributed by atoms with Gasteiger partial charge in [0, 0.05) is 10.6 Å². The minimum Gasteiger partial charge on any atom is -0.478 e. The van der Waals surface area contributed by atoms with E-state index in [0.29, 0.717) is 17.5 Å². The van der Waals surface area contributed by atoms with Gasteiger partial charge in [0.05, 0.1) is 11.6 Å². The summed E-state index contributed by atoms with van der Waals surface area (Å²) in [6.07, 6.45) is 2.53. The average molecular weight is 273 g/mol. The van der Waals surface area contributed by atoms with E-state index in [1.807, 2.05) is 12.1 Å². The fourth-order valence-corrected chi connectivity index (χ4v) is 3.08. The van der Waals surface area contributed by atoms with Crippen LogP contribution in [0.3, 0.4) is 0 Å². The van der Waals surface area contributed by atoms with E-state index >= 15 is 0 Å². The number of carboxylic acid groups (broad SMARTS) is 1. The van der Waals surface area contributed by atoms with Crippen molar-refractivity contribution in [2.45, 2.75) is 18.9 Å². The van der Waals surface area contributed by atoms with Crippen LogP contribution in [-0.4, -0.2) is 11.1 Å². The molecule has 19 heavy (non-hydrogen) atoms. The monoisotopic (exact) mass is 273 g/mol. The first-order valence-corrected chi connectivity index (χ1v) is 7.25. The van der Waals surface area contributed by atoms with Crippen LogP contribution in [0.1, 0.15) is 34.1 Å². The highest BCUT2D eigenvalue weighted by Gasteiger charge is 2.32. The van der Waals surface area contributed by atoms with Gasteiger partial charge in [0.1, 0.15) is 0 Å². The Balaban J connectivity index is 1.77. The summed E-state index contributed by atoms with van der Waals surface area (Å²) in [6, 6.07) is 11.6. The second-order valence-corrected chi connectivity index (χ2v) is 5.84. The van der Waals surface area contributed by atoms with Gasteiger partial charge in [0.15, 0.2) is 0 Å². The molecule has 2 N–H and O–H groups in total. The van der Waals surface area contributed by atoms with Gasteiger partial charge in [-0.05, 0) is 54.5 Å². The summed E-state index contributed by atoms with van der Waals surface area (Å²) in [6.45, 7) is 0. The molecular weight excluding hydrogens is 258 g/mol. The number of aromatic carboxylic acids is 1. The molecule has 1 atom stereocenters. The van der Waals surface area contributed by atoms with E-state index < -0.39 is 5.97 Å². The van der Waals surface area contributed by atoms with Gasteiger partial charge in [-0.2, -0.15) is 0 Å². The molecule has 0 amide bonds. The van der Waals surface area contributed by atoms with Crippen LogP contribution in [0.5, 0.6) is 0 Å². The number of benzene rings is 1. The first-order valence-electron chi connectivity index (χ1n) is 6.37. The maximum absolute atomic E-state index is 10.8. The van der Waals surface area contributed by atoms with Crippen LogP contribution in [0, 0.1) is 5.92 Å². The third-order valence-electron chi connectivity index (χ3n) is 3.40. The standard InChI is InChI=1S/C15H15NO2S/c17-15(18)11-5-7-12(8-6-11)16-14(10-3-4-10)13-2-1-9-19-13/h1-2,5-10,14,16H,3-4H2,(H,17,18). The topological polar surface area (TPSA) is 49.3 Å². The van der Waals surface area contributed by atoms with Gasteiger partial charge in [-0.1, -0.05) is 6.07 Å². The van der Waals surface area contributed by atoms with E-state index in [9.17, 15) is 4.79 Å². The Kier molecular flexibility index (Phi) is 3.25. The second-order valence-electron chi connectivity index (χ2n) is 4.86. The van der Waals surface area contributed by atoms with E-state index in [0.717, 1.165) is 5.69 Å². The third kappa shape index (κ3) is 2.79. The SMILES string of the molecule is O=C(O)c1ccc(NC(c2cccs2)C2CC2)cc1. The van der Waals surface area contributed by atoms with Gasteiger partial charge in [-0.15, -0.1) is 11.3 Å². The molecule has 1 saturated carbocycles. The van der Waals surface area contributed by atoms with E-state index in [1.165, 1.54) is 17.7 Å². The normalized spacial score (nSPS) is 16.0. The summed E-state index contributed by atoms with van der Waals surface area (Å²) in [7, 11) is 0. The highest BCUT2D eigenvalue weighted by molar-refractivity contribution is 7.10. The molecule has 0 aliphatic heterocycles. The number of thiophene rings is 1. The Morgan fingerprint density at radius 3 is 2.53 bits per heavy atom. The third-order valence-corrected chi connectivity index (χ3v) is 4.35. The number of carboxylic acids is 1. The molecule has 4 heteroatoms. The van der Waals surface area contributed by atoms with Crippen LogP contribution >= 0.6 is 11.3 Å². The number of hydrogen-bond donors (Lipinski definition) is 2. The Morgan fingerprint density at radius 1 is 1.26 bits per heavy atom. The maximum atomic E-state index is 10.8. The summed E-state index contributed by atoms with van der Waals surface area (Å²) in [5.41, 5.74) is 1.31. The van der Waals surface area contributed by atoms with E-state index in [4.69, 9.17) is 5.11 Å². The Bertz CT molecular complexity index is 558. The van der Waals surface area contributed by atoms with Crippen molar-refractivity contribution < 1.29 is 9.90 Å². The minimum absolute atomic E-state index is 0.324. The van der Waals surface area contributed by atoms with Crippen molar-refractivity contribution in [3.63, 3.8) is 0 Å². The molecule has 1 aromatic heterocycles. The first-order chi connectivity index (χ1) is 9.24. The van der Waals surface area contributed by atoms with Crippen molar-refractivity contribution in [2.75, 3.05) is 5.32 Å². The molecule has 0 saturated heterocycles. The molecule has 0 radical (unpaired) electrons. The van der Waals surface area contributed by atoms with E-state index in [-0.39, 0.29) is 0 Å². The smallest absolute Gasteiger partial charge is 0.335 e. The van der Waals surface area contributed by atoms with Crippen LogP contribution in [0.4, 0.5) is 5.69 Å². The number of anilines is 1. The largest absolute Gasteiger partial charge is 0.478 e. The van der Waals surface area contributed by atoms with Crippen LogP contribution < -0.4 is 5.32 Å². The second kappa shape index (κ2) is 5.05. The van der Waals surface area contributed by atoms with Crippen molar-refractivity contribution in [1.29, 1.82) is 0 Å². The lowest BCUT2D eigenvalue weighted by Gasteiger charge is -2.18. The van der Waals surface area contributed by atoms with Crippen molar-refractivity contribution in [3.8, 4) is 0 Å². The maximum Gasteiger partial charge on any atom is 0.335 e. The molecular formula is C15H15NO2S. The molecule has 1 aromatic carbocycles. The highest BCUT2D eigenvalue weighted by atomic mass is 32.1. The molecule has 98 valence electrons. The summed E-state index contributed by atoms with van der Waals surface area (Å²) in [5.74, 6) is -0.179. The molecule has 1 heterocycles. The van der Waals surface area contributed by atoms with Crippen molar-refractivity contribution >= 4 is 23.0 Å². The van der Waals surface area contributed by atoms with Gasteiger partial charge >= 0.3 is 5.97 Å². The lowest BCUT2D eigenvalue weighted by molar-refractivity contribution is 0.0697. The zero-order chi connectivity index (χ0) is 13.2. The zero-order valence-corrected chi connectivity index (χ0v) is 11.2. The summed E-state index contributed by atoms with van der Waals surface area (Å²) in [5, 5.41) is 14.5. The highest BCUT2D eigenvalue weighted by Crippen LogP contribution is 2.44. The lowest BCUT2D eigenvalue weighted by atomic mass is 10.1. The molecule has 1 aliphatic rings. The number of nitrogens with one attached hydrogen (secondary N) is 1. The van der Waals surface area contributed by atoms with Gasteiger partial charge in [0.25, 0.3) is 0 Å². The fourth-order valence-electron chi connectivity index (χ4n) is 2.21. The van der Waals surface area contributed by atoms with Gasteiger partial charge in [-0.3, -0.25) is 0 Å². The molecule has 1 unspecified atom stereocenters. The fraction of sp³-hybridized carbons (Fsp3) is 0.267. The van der Waals surface area contributed by atoms with Crippen molar-refractivity contribution in [1.82, 2.24) is 0 Å². The lowest BCUT2D eigenvalue weighted by Crippen LogP contribution is -2.11. The Morgan fingerprint density at radius 2 is 2.00 bits per heavy atom. The molecule has 0 spiro atoms. The van der Waals surface area contributed by atoms with Crippen molar-refractivity contribution in [3.05, 3.63) is 52.2 Å². The quantitative estimate of drug-likeness (QED) is 0.865. The summed E-state index contributed by atoms with van der Waals surface area (Å²) < 4.78 is 0. The van der Waals surface area contributed by atoms with E-state index in [1.54, 1.807) is 23.5 Å². The molecule has 3 nitrogen and oxygen atoms in total. The summed E-state index contributed by atoms with van der Waals surface area (Å²) >= 11 is 1.77. The van der Waals surface area contributed by atoms with E-state index in [2.05, 4.69) is 22.8 Å². The molecule has 1 fully saturated rings. The number of hydrogen-bond acceptors (Lipinski definition) is 3. The van der Waals surface area contributed by atoms with Crippen LogP contribution in [-0.2, 0) is 0 Å². The Hall–Kier alpha value is -1.81. The molecule has 1 aliphatic carbocycles. The predicted molar refractivity (Wildman–Crippen MR) is 76.8 cm³/mol. The van der Waals surface area contributed by atoms with Crippen LogP contribution in [0.15, 0.2) is 41.8 Å². The number of rotatable bonds is 5. The predicted octanol–water partition coefficient (Wildman–Crippen LogP) is 4.01. The zero-order valence-electron chi connectivity index (χ0n) is 10.4. The molecule has 2 aromatic rings. The van der Waals surface area contributed by atoms with Crippen LogP contribution in [0.2, 0.25) is 0 Å². The molecule has 3 rings (SSSR count). The minimum atomic E-state index is -0.886.